The van der Waals surface area contributed by atoms with Gasteiger partial charge in [-0.05, 0) is 43.5 Å². The summed E-state index contributed by atoms with van der Waals surface area (Å²) in [6.45, 7) is 3.66. The highest BCUT2D eigenvalue weighted by molar-refractivity contribution is 5.78. The van der Waals surface area contributed by atoms with Crippen LogP contribution in [0.5, 0.6) is 5.75 Å². The Morgan fingerprint density at radius 2 is 2.17 bits per heavy atom. The summed E-state index contributed by atoms with van der Waals surface area (Å²) in [5.74, 6) is 1.33. The molecule has 1 saturated heterocycles. The molecule has 1 unspecified atom stereocenters. The number of aryl methyl sites for hydroxylation is 1. The van der Waals surface area contributed by atoms with Crippen molar-refractivity contribution in [3.05, 3.63) is 48.3 Å². The summed E-state index contributed by atoms with van der Waals surface area (Å²) in [6.07, 6.45) is 5.43. The number of ether oxygens (including phenoxy) is 1. The Bertz CT molecular complexity index is 678. The van der Waals surface area contributed by atoms with Crippen molar-refractivity contribution in [2.24, 2.45) is 0 Å². The molecule has 1 N–H and O–H groups in total. The zero-order valence-corrected chi connectivity index (χ0v) is 13.8. The molecule has 1 amide bonds. The number of nitrogens with zero attached hydrogens (tertiary/aromatic N) is 3. The van der Waals surface area contributed by atoms with Gasteiger partial charge in [0.1, 0.15) is 5.75 Å². The molecule has 3 rings (SSSR count). The van der Waals surface area contributed by atoms with Crippen LogP contribution in [0, 0.1) is 6.92 Å². The lowest BCUT2D eigenvalue weighted by atomic mass is 10.1. The first-order valence-corrected chi connectivity index (χ1v) is 8.21. The lowest BCUT2D eigenvalue weighted by molar-refractivity contribution is -0.123. The first-order valence-electron chi connectivity index (χ1n) is 8.21. The zero-order chi connectivity index (χ0) is 16.8. The molecule has 6 heteroatoms. The average molecular weight is 326 g/mol. The summed E-state index contributed by atoms with van der Waals surface area (Å²) in [4.78, 5) is 22.8. The van der Waals surface area contributed by atoms with Crippen molar-refractivity contribution in [3.8, 4) is 5.75 Å². The summed E-state index contributed by atoms with van der Waals surface area (Å²) < 4.78 is 5.55. The molecule has 2 heterocycles. The lowest BCUT2D eigenvalue weighted by Gasteiger charge is -2.33. The molecule has 6 nitrogen and oxygen atoms in total. The molecule has 126 valence electrons. The van der Waals surface area contributed by atoms with Crippen LogP contribution in [0.4, 0.5) is 5.95 Å². The molecule has 1 aliphatic rings. The Hall–Kier alpha value is -2.63. The number of amides is 1. The summed E-state index contributed by atoms with van der Waals surface area (Å²) >= 11 is 0. The minimum Gasteiger partial charge on any atom is -0.484 e. The number of nitrogens with one attached hydrogen (secondary N) is 1. The lowest BCUT2D eigenvalue weighted by Crippen LogP contribution is -2.49. The first kappa shape index (κ1) is 16.2. The van der Waals surface area contributed by atoms with Crippen LogP contribution < -0.4 is 15.0 Å². The van der Waals surface area contributed by atoms with Gasteiger partial charge < -0.3 is 15.0 Å². The van der Waals surface area contributed by atoms with Crippen LogP contribution in [0.2, 0.25) is 0 Å². The zero-order valence-electron chi connectivity index (χ0n) is 13.8. The van der Waals surface area contributed by atoms with E-state index >= 15 is 0 Å². The molecule has 0 bridgehead atoms. The number of hydrogen-bond acceptors (Lipinski definition) is 5. The number of aromatic nitrogens is 2. The Morgan fingerprint density at radius 1 is 1.33 bits per heavy atom. The third kappa shape index (κ3) is 4.44. The third-order valence-corrected chi connectivity index (χ3v) is 3.98. The van der Waals surface area contributed by atoms with E-state index in [0.717, 1.165) is 31.5 Å². The van der Waals surface area contributed by atoms with Crippen LogP contribution in [-0.2, 0) is 4.79 Å². The first-order chi connectivity index (χ1) is 11.7. The Labute approximate surface area is 141 Å². The van der Waals surface area contributed by atoms with Crippen molar-refractivity contribution < 1.29 is 9.53 Å². The van der Waals surface area contributed by atoms with Crippen LogP contribution in [-0.4, -0.2) is 41.6 Å². The van der Waals surface area contributed by atoms with Crippen LogP contribution in [0.15, 0.2) is 42.7 Å². The van der Waals surface area contributed by atoms with E-state index in [0.29, 0.717) is 11.7 Å². The van der Waals surface area contributed by atoms with Gasteiger partial charge in [0.05, 0.1) is 0 Å². The summed E-state index contributed by atoms with van der Waals surface area (Å²) in [5, 5.41) is 3.04. The largest absolute Gasteiger partial charge is 0.484 e. The Kier molecular flexibility index (Phi) is 5.25. The summed E-state index contributed by atoms with van der Waals surface area (Å²) in [5.41, 5.74) is 1.11. The predicted octanol–water partition coefficient (Wildman–Crippen LogP) is 1.95. The minimum absolute atomic E-state index is 0.0296. The van der Waals surface area contributed by atoms with Gasteiger partial charge in [0.2, 0.25) is 5.95 Å². The number of benzene rings is 1. The highest BCUT2D eigenvalue weighted by atomic mass is 16.5. The van der Waals surface area contributed by atoms with Crippen LogP contribution in [0.1, 0.15) is 18.4 Å². The van der Waals surface area contributed by atoms with E-state index in [1.807, 2.05) is 31.2 Å². The molecule has 1 aliphatic heterocycles. The van der Waals surface area contributed by atoms with Crippen molar-refractivity contribution in [3.63, 3.8) is 0 Å². The van der Waals surface area contributed by atoms with E-state index in [4.69, 9.17) is 4.74 Å². The second-order valence-corrected chi connectivity index (χ2v) is 6.01. The molecule has 1 fully saturated rings. The van der Waals surface area contributed by atoms with Gasteiger partial charge in [-0.2, -0.15) is 0 Å². The number of piperidine rings is 1. The molecule has 0 saturated carbocycles. The molecular weight excluding hydrogens is 304 g/mol. The van der Waals surface area contributed by atoms with Gasteiger partial charge in [0.25, 0.3) is 5.91 Å². The fourth-order valence-electron chi connectivity index (χ4n) is 2.85. The second-order valence-electron chi connectivity index (χ2n) is 6.01. The molecule has 0 spiro atoms. The summed E-state index contributed by atoms with van der Waals surface area (Å²) in [6, 6.07) is 9.58. The second kappa shape index (κ2) is 7.77. The van der Waals surface area contributed by atoms with Gasteiger partial charge in [0, 0.05) is 31.5 Å². The molecule has 0 radical (unpaired) electrons. The van der Waals surface area contributed by atoms with Crippen LogP contribution >= 0.6 is 0 Å². The maximum Gasteiger partial charge on any atom is 0.258 e. The monoisotopic (exact) mass is 326 g/mol. The van der Waals surface area contributed by atoms with Crippen molar-refractivity contribution >= 4 is 11.9 Å². The predicted molar refractivity (Wildman–Crippen MR) is 92.1 cm³/mol. The number of hydrogen-bond donors (Lipinski definition) is 1. The smallest absolute Gasteiger partial charge is 0.258 e. The number of carbonyl (C=O) groups excluding carboxylic acids is 1. The number of anilines is 1. The highest BCUT2D eigenvalue weighted by Crippen LogP contribution is 2.15. The quantitative estimate of drug-likeness (QED) is 0.909. The minimum atomic E-state index is -0.0997. The van der Waals surface area contributed by atoms with E-state index in [9.17, 15) is 4.79 Å². The van der Waals surface area contributed by atoms with Crippen LogP contribution in [0.25, 0.3) is 0 Å². The molecule has 1 atom stereocenters. The van der Waals surface area contributed by atoms with Gasteiger partial charge in [-0.15, -0.1) is 0 Å². The Morgan fingerprint density at radius 3 is 2.96 bits per heavy atom. The van der Waals surface area contributed by atoms with Gasteiger partial charge in [-0.1, -0.05) is 12.1 Å². The van der Waals surface area contributed by atoms with E-state index in [-0.39, 0.29) is 18.6 Å². The molecule has 1 aromatic heterocycles. The topological polar surface area (TPSA) is 67.3 Å². The Balaban J connectivity index is 1.49. The van der Waals surface area contributed by atoms with E-state index in [1.165, 1.54) is 0 Å². The van der Waals surface area contributed by atoms with Crippen molar-refractivity contribution in [2.75, 3.05) is 24.6 Å². The maximum atomic E-state index is 12.1. The molecular formula is C18H22N4O2. The molecule has 0 aliphatic carbocycles. The fourth-order valence-corrected chi connectivity index (χ4v) is 2.85. The van der Waals surface area contributed by atoms with Crippen molar-refractivity contribution in [2.45, 2.75) is 25.8 Å². The van der Waals surface area contributed by atoms with Gasteiger partial charge >= 0.3 is 0 Å². The number of carbonyl (C=O) groups is 1. The number of rotatable bonds is 5. The standard InChI is InChI=1S/C18H22N4O2/c1-14-5-2-7-16(11-14)24-13-17(23)21-15-6-3-10-22(12-15)18-19-8-4-9-20-18/h2,4-5,7-9,11,15H,3,6,10,12-13H2,1H3,(H,21,23). The van der Waals surface area contributed by atoms with Crippen LogP contribution in [0.3, 0.4) is 0 Å². The average Bonchev–Trinajstić information content (AvgIpc) is 2.61. The highest BCUT2D eigenvalue weighted by Gasteiger charge is 2.23. The maximum absolute atomic E-state index is 12.1. The molecule has 1 aromatic carbocycles. The molecule has 24 heavy (non-hydrogen) atoms. The molecule has 2 aromatic rings. The SMILES string of the molecule is Cc1cccc(OCC(=O)NC2CCCN(c3ncccn3)C2)c1. The third-order valence-electron chi connectivity index (χ3n) is 3.98. The van der Waals surface area contributed by atoms with E-state index < -0.39 is 0 Å². The summed E-state index contributed by atoms with van der Waals surface area (Å²) in [7, 11) is 0. The van der Waals surface area contributed by atoms with Gasteiger partial charge in [-0.3, -0.25) is 4.79 Å². The van der Waals surface area contributed by atoms with Crippen molar-refractivity contribution in [1.29, 1.82) is 0 Å². The fraction of sp³-hybridized carbons (Fsp3) is 0.389. The van der Waals surface area contributed by atoms with Crippen molar-refractivity contribution in [1.82, 2.24) is 15.3 Å². The van der Waals surface area contributed by atoms with E-state index in [1.54, 1.807) is 18.5 Å². The van der Waals surface area contributed by atoms with E-state index in [2.05, 4.69) is 20.2 Å². The van der Waals surface area contributed by atoms with Gasteiger partial charge in [-0.25, -0.2) is 9.97 Å². The van der Waals surface area contributed by atoms with Gasteiger partial charge in [0.15, 0.2) is 6.61 Å². The normalized spacial score (nSPS) is 17.4.